The molecule has 8 heteroatoms. The molecule has 1 saturated heterocycles. The minimum atomic E-state index is -4.69. The number of amides is 1. The summed E-state index contributed by atoms with van der Waals surface area (Å²) in [4.78, 5) is 13.3. The van der Waals surface area contributed by atoms with E-state index in [0.29, 0.717) is 25.9 Å². The van der Waals surface area contributed by atoms with Crippen LogP contribution < -0.4 is 5.32 Å². The number of alkyl halides is 3. The number of halogens is 4. The average molecular weight is 348 g/mol. The van der Waals surface area contributed by atoms with E-state index < -0.39 is 24.2 Å². The van der Waals surface area contributed by atoms with Crippen molar-refractivity contribution in [2.24, 2.45) is 0 Å². The predicted molar refractivity (Wildman–Crippen MR) is 79.8 cm³/mol. The van der Waals surface area contributed by atoms with Gasteiger partial charge in [0.25, 0.3) is 0 Å². The van der Waals surface area contributed by atoms with E-state index >= 15 is 0 Å². The van der Waals surface area contributed by atoms with Crippen LogP contribution in [0.15, 0.2) is 24.3 Å². The van der Waals surface area contributed by atoms with Crippen molar-refractivity contribution in [1.29, 1.82) is 0 Å². The molecule has 0 saturated carbocycles. The van der Waals surface area contributed by atoms with Crippen molar-refractivity contribution in [1.82, 2.24) is 10.2 Å². The van der Waals surface area contributed by atoms with Gasteiger partial charge >= 0.3 is 6.18 Å². The maximum atomic E-state index is 12.8. The summed E-state index contributed by atoms with van der Waals surface area (Å²) < 4.78 is 50.7. The van der Waals surface area contributed by atoms with E-state index in [1.54, 1.807) is 12.1 Å². The summed E-state index contributed by atoms with van der Waals surface area (Å²) in [5.74, 6) is -0.732. The first kappa shape index (κ1) is 18.7. The van der Waals surface area contributed by atoms with E-state index in [1.165, 1.54) is 17.0 Å². The van der Waals surface area contributed by atoms with Crippen LogP contribution in [0.2, 0.25) is 0 Å². The number of hydrogen-bond acceptors (Lipinski definition) is 3. The Bertz CT molecular complexity index is 548. The molecule has 2 atom stereocenters. The third-order valence-corrected chi connectivity index (χ3v) is 4.11. The lowest BCUT2D eigenvalue weighted by atomic mass is 10.1. The Balaban J connectivity index is 1.78. The number of nitrogens with zero attached hydrogens (tertiary/aromatic N) is 1. The highest BCUT2D eigenvalue weighted by Gasteiger charge is 2.47. The molecule has 1 heterocycles. The van der Waals surface area contributed by atoms with Crippen LogP contribution in [0.5, 0.6) is 0 Å². The van der Waals surface area contributed by atoms with Crippen LogP contribution in [-0.2, 0) is 11.2 Å². The van der Waals surface area contributed by atoms with Crippen LogP contribution in [0.4, 0.5) is 17.6 Å². The van der Waals surface area contributed by atoms with Gasteiger partial charge in [0.2, 0.25) is 5.91 Å². The molecule has 1 aromatic carbocycles. The fourth-order valence-electron chi connectivity index (χ4n) is 2.86. The van der Waals surface area contributed by atoms with Crippen molar-refractivity contribution in [2.75, 3.05) is 19.6 Å². The van der Waals surface area contributed by atoms with Crippen LogP contribution in [0.25, 0.3) is 0 Å². The van der Waals surface area contributed by atoms with Gasteiger partial charge in [-0.2, -0.15) is 13.2 Å². The molecule has 134 valence electrons. The SMILES string of the molecule is O=C(CN1CCC[C@@H]1[C@H](O)C(F)(F)F)NCCc1ccc(F)cc1. The Hall–Kier alpha value is -1.67. The van der Waals surface area contributed by atoms with Gasteiger partial charge in [-0.15, -0.1) is 0 Å². The first-order valence-electron chi connectivity index (χ1n) is 7.77. The lowest BCUT2D eigenvalue weighted by molar-refractivity contribution is -0.219. The van der Waals surface area contributed by atoms with Crippen LogP contribution in [0, 0.1) is 5.82 Å². The summed E-state index contributed by atoms with van der Waals surface area (Å²) in [5, 5.41) is 12.0. The minimum absolute atomic E-state index is 0.179. The molecular formula is C16H20F4N2O2. The Morgan fingerprint density at radius 2 is 2.00 bits per heavy atom. The van der Waals surface area contributed by atoms with Crippen LogP contribution in [0.3, 0.4) is 0 Å². The Kier molecular flexibility index (Phi) is 6.17. The second-order valence-electron chi connectivity index (χ2n) is 5.89. The van der Waals surface area contributed by atoms with E-state index in [4.69, 9.17) is 0 Å². The molecule has 4 nitrogen and oxygen atoms in total. The summed E-state index contributed by atoms with van der Waals surface area (Å²) in [6.45, 7) is 0.481. The quantitative estimate of drug-likeness (QED) is 0.772. The topological polar surface area (TPSA) is 52.6 Å². The fraction of sp³-hybridized carbons (Fsp3) is 0.562. The summed E-state index contributed by atoms with van der Waals surface area (Å²) in [6.07, 6.45) is -5.90. The maximum Gasteiger partial charge on any atom is 0.415 e. The zero-order valence-electron chi connectivity index (χ0n) is 13.0. The standard InChI is InChI=1S/C16H20F4N2O2/c17-12-5-3-11(4-6-12)7-8-21-14(23)10-22-9-1-2-13(22)15(24)16(18,19)20/h3-6,13,15,24H,1-2,7-10H2,(H,21,23)/t13-,15+/m1/s1. The van der Waals surface area contributed by atoms with E-state index in [2.05, 4.69) is 5.32 Å². The van der Waals surface area contributed by atoms with Gasteiger partial charge in [-0.1, -0.05) is 12.1 Å². The zero-order valence-corrected chi connectivity index (χ0v) is 13.0. The van der Waals surface area contributed by atoms with Crippen molar-refractivity contribution in [3.8, 4) is 0 Å². The number of rotatable bonds is 6. The van der Waals surface area contributed by atoms with Gasteiger partial charge in [0.1, 0.15) is 5.82 Å². The molecule has 0 aliphatic carbocycles. The zero-order chi connectivity index (χ0) is 17.7. The summed E-state index contributed by atoms with van der Waals surface area (Å²) in [5.41, 5.74) is 0.850. The molecule has 0 unspecified atom stereocenters. The lowest BCUT2D eigenvalue weighted by Crippen LogP contribution is -2.49. The van der Waals surface area contributed by atoms with Crippen molar-refractivity contribution in [3.63, 3.8) is 0 Å². The van der Waals surface area contributed by atoms with Gasteiger partial charge in [-0.05, 0) is 43.5 Å². The highest BCUT2D eigenvalue weighted by atomic mass is 19.4. The van der Waals surface area contributed by atoms with Gasteiger partial charge in [0, 0.05) is 12.6 Å². The Morgan fingerprint density at radius 1 is 1.33 bits per heavy atom. The second kappa shape index (κ2) is 7.94. The van der Waals surface area contributed by atoms with E-state index in [9.17, 15) is 27.5 Å². The van der Waals surface area contributed by atoms with Gasteiger partial charge in [-0.25, -0.2) is 4.39 Å². The van der Waals surface area contributed by atoms with Crippen LogP contribution >= 0.6 is 0 Å². The number of hydrogen-bond donors (Lipinski definition) is 2. The van der Waals surface area contributed by atoms with E-state index in [0.717, 1.165) is 5.56 Å². The molecule has 1 fully saturated rings. The Labute approximate surface area is 137 Å². The molecule has 1 aromatic rings. The highest BCUT2D eigenvalue weighted by Crippen LogP contribution is 2.30. The minimum Gasteiger partial charge on any atom is -0.382 e. The predicted octanol–water partition coefficient (Wildman–Crippen LogP) is 1.87. The first-order chi connectivity index (χ1) is 11.3. The highest BCUT2D eigenvalue weighted by molar-refractivity contribution is 5.78. The normalized spacial score (nSPS) is 20.1. The monoisotopic (exact) mass is 348 g/mol. The maximum absolute atomic E-state index is 12.8. The van der Waals surface area contributed by atoms with Crippen molar-refractivity contribution < 1.29 is 27.5 Å². The molecular weight excluding hydrogens is 328 g/mol. The number of carbonyl (C=O) groups excluding carboxylic acids is 1. The number of aliphatic hydroxyl groups is 1. The summed E-state index contributed by atoms with van der Waals surface area (Å²) in [6, 6.07) is 4.79. The second-order valence-corrected chi connectivity index (χ2v) is 5.89. The third-order valence-electron chi connectivity index (χ3n) is 4.11. The number of likely N-dealkylation sites (tertiary alicyclic amines) is 1. The summed E-state index contributed by atoms with van der Waals surface area (Å²) in [7, 11) is 0. The number of carbonyl (C=O) groups is 1. The van der Waals surface area contributed by atoms with Crippen molar-refractivity contribution in [2.45, 2.75) is 37.6 Å². The van der Waals surface area contributed by atoms with Crippen LogP contribution in [0.1, 0.15) is 18.4 Å². The van der Waals surface area contributed by atoms with Gasteiger partial charge in [0.05, 0.1) is 6.54 Å². The van der Waals surface area contributed by atoms with Gasteiger partial charge in [0.15, 0.2) is 6.10 Å². The number of benzene rings is 1. The molecule has 0 bridgehead atoms. The lowest BCUT2D eigenvalue weighted by Gasteiger charge is -2.29. The first-order valence-corrected chi connectivity index (χ1v) is 7.77. The summed E-state index contributed by atoms with van der Waals surface area (Å²) >= 11 is 0. The molecule has 0 aromatic heterocycles. The van der Waals surface area contributed by atoms with E-state index in [-0.39, 0.29) is 18.8 Å². The molecule has 1 amide bonds. The number of nitrogens with one attached hydrogen (secondary N) is 1. The molecule has 1 aliphatic heterocycles. The molecule has 0 spiro atoms. The molecule has 24 heavy (non-hydrogen) atoms. The van der Waals surface area contributed by atoms with Gasteiger partial charge in [-0.3, -0.25) is 9.69 Å². The average Bonchev–Trinajstić information content (AvgIpc) is 2.95. The van der Waals surface area contributed by atoms with Crippen molar-refractivity contribution in [3.05, 3.63) is 35.6 Å². The fourth-order valence-corrected chi connectivity index (χ4v) is 2.86. The molecule has 0 radical (unpaired) electrons. The molecule has 1 aliphatic rings. The van der Waals surface area contributed by atoms with Crippen molar-refractivity contribution >= 4 is 5.91 Å². The molecule has 2 N–H and O–H groups in total. The van der Waals surface area contributed by atoms with Crippen LogP contribution in [-0.4, -0.2) is 53.9 Å². The third kappa shape index (κ3) is 5.17. The Morgan fingerprint density at radius 3 is 2.62 bits per heavy atom. The smallest absolute Gasteiger partial charge is 0.382 e. The number of aliphatic hydroxyl groups excluding tert-OH is 1. The van der Waals surface area contributed by atoms with E-state index in [1.807, 2.05) is 0 Å². The largest absolute Gasteiger partial charge is 0.415 e. The van der Waals surface area contributed by atoms with Gasteiger partial charge < -0.3 is 10.4 Å². The molecule has 2 rings (SSSR count).